The van der Waals surface area contributed by atoms with Gasteiger partial charge in [0, 0.05) is 11.6 Å². The molecule has 0 radical (unpaired) electrons. The Morgan fingerprint density at radius 3 is 2.37 bits per heavy atom. The topological polar surface area (TPSA) is 24.9 Å². The maximum atomic E-state index is 13.5. The van der Waals surface area contributed by atoms with Crippen LogP contribution in [0.3, 0.4) is 0 Å². The summed E-state index contributed by atoms with van der Waals surface area (Å²) in [5.41, 5.74) is -0.0819. The minimum atomic E-state index is -4.61. The molecule has 0 amide bonds. The number of aromatic nitrogens is 1. The number of benzene rings is 1. The number of nitrogens with one attached hydrogen (secondary N) is 1. The van der Waals surface area contributed by atoms with E-state index >= 15 is 0 Å². The lowest BCUT2D eigenvalue weighted by Gasteiger charge is -2.28. The second kappa shape index (κ2) is 8.05. The van der Waals surface area contributed by atoms with E-state index in [-0.39, 0.29) is 22.5 Å². The van der Waals surface area contributed by atoms with Crippen molar-refractivity contribution in [1.29, 1.82) is 0 Å². The average Bonchev–Trinajstić information content (AvgIpc) is 2.54. The van der Waals surface area contributed by atoms with Crippen LogP contribution in [0.1, 0.15) is 32.0 Å². The molecule has 0 spiro atoms. The third-order valence-electron chi connectivity index (χ3n) is 3.79. The molecule has 146 valence electrons. The molecule has 2 nitrogen and oxygen atoms in total. The Bertz CT molecular complexity index is 863. The van der Waals surface area contributed by atoms with E-state index in [0.29, 0.717) is 11.1 Å². The highest BCUT2D eigenvalue weighted by atomic mass is 127. The van der Waals surface area contributed by atoms with Gasteiger partial charge in [-0.25, -0.2) is 9.37 Å². The van der Waals surface area contributed by atoms with Crippen molar-refractivity contribution < 1.29 is 17.6 Å². The first kappa shape index (κ1) is 22.1. The number of pyridine rings is 1. The van der Waals surface area contributed by atoms with Crippen LogP contribution < -0.4 is 5.32 Å². The lowest BCUT2D eigenvalue weighted by molar-refractivity contribution is -0.0688. The molecule has 1 atom stereocenters. The Balaban J connectivity index is 2.67. The predicted molar refractivity (Wildman–Crippen MR) is 109 cm³/mol. The van der Waals surface area contributed by atoms with Gasteiger partial charge in [-0.1, -0.05) is 40.8 Å². The number of hydrogen-bond donors (Lipinski definition) is 1. The first-order valence-corrected chi connectivity index (χ1v) is 9.48. The highest BCUT2D eigenvalue weighted by molar-refractivity contribution is 14.1. The standard InChI is InChI=1S/C19H18ClF4IN2/c1-10(2)27-18(4,25)13-8-16(11(3)19(22,23)24)26-17(9-13)12-5-6-15(21)14(20)7-12/h5-10,27H,3H2,1-2,4H3. The highest BCUT2D eigenvalue weighted by Crippen LogP contribution is 2.37. The average molecular weight is 513 g/mol. The van der Waals surface area contributed by atoms with Crippen molar-refractivity contribution in [2.45, 2.75) is 36.5 Å². The second-order valence-corrected chi connectivity index (χ2v) is 9.10. The second-order valence-electron chi connectivity index (χ2n) is 6.53. The molecule has 2 rings (SSSR count). The molecule has 1 aromatic carbocycles. The predicted octanol–water partition coefficient (Wildman–Crippen LogP) is 6.72. The van der Waals surface area contributed by atoms with Crippen molar-refractivity contribution in [1.82, 2.24) is 10.3 Å². The Kier molecular flexibility index (Phi) is 6.59. The van der Waals surface area contributed by atoms with E-state index < -0.39 is 21.1 Å². The highest BCUT2D eigenvalue weighted by Gasteiger charge is 2.35. The van der Waals surface area contributed by atoms with Crippen LogP contribution in [0.2, 0.25) is 5.02 Å². The molecule has 1 heterocycles. The summed E-state index contributed by atoms with van der Waals surface area (Å²) in [6.07, 6.45) is -4.61. The fourth-order valence-corrected chi connectivity index (χ4v) is 3.65. The summed E-state index contributed by atoms with van der Waals surface area (Å²) in [5.74, 6) is -0.614. The summed E-state index contributed by atoms with van der Waals surface area (Å²) < 4.78 is 52.4. The summed E-state index contributed by atoms with van der Waals surface area (Å²) in [7, 11) is 0. The monoisotopic (exact) mass is 512 g/mol. The summed E-state index contributed by atoms with van der Waals surface area (Å²) in [6.45, 7) is 8.88. The number of halogens is 6. The van der Waals surface area contributed by atoms with Gasteiger partial charge >= 0.3 is 6.18 Å². The summed E-state index contributed by atoms with van der Waals surface area (Å²) in [5, 5.41) is 3.17. The molecule has 0 fully saturated rings. The molecule has 0 saturated carbocycles. The molecule has 1 unspecified atom stereocenters. The van der Waals surface area contributed by atoms with Crippen molar-refractivity contribution in [2.75, 3.05) is 0 Å². The molecule has 0 aliphatic heterocycles. The zero-order chi connectivity index (χ0) is 20.6. The van der Waals surface area contributed by atoms with Gasteiger partial charge in [-0.2, -0.15) is 13.2 Å². The zero-order valence-corrected chi connectivity index (χ0v) is 17.8. The minimum Gasteiger partial charge on any atom is -0.297 e. The fourth-order valence-electron chi connectivity index (χ4n) is 2.53. The molecular weight excluding hydrogens is 495 g/mol. The van der Waals surface area contributed by atoms with Crippen LogP contribution in [-0.4, -0.2) is 17.2 Å². The Labute approximate surface area is 174 Å². The van der Waals surface area contributed by atoms with Crippen LogP contribution in [-0.2, 0) is 3.55 Å². The molecule has 1 N–H and O–H groups in total. The van der Waals surface area contributed by atoms with Crippen molar-refractivity contribution >= 4 is 39.8 Å². The minimum absolute atomic E-state index is 0.0954. The maximum absolute atomic E-state index is 13.5. The number of alkyl halides is 4. The molecule has 0 saturated heterocycles. The Hall–Kier alpha value is -1.19. The van der Waals surface area contributed by atoms with E-state index in [0.717, 1.165) is 6.07 Å². The van der Waals surface area contributed by atoms with Gasteiger partial charge in [0.1, 0.15) is 5.82 Å². The smallest absolute Gasteiger partial charge is 0.297 e. The quantitative estimate of drug-likeness (QED) is 0.208. The molecule has 1 aromatic heterocycles. The molecular formula is C19H18ClF4IN2. The van der Waals surface area contributed by atoms with E-state index in [1.807, 2.05) is 20.8 Å². The van der Waals surface area contributed by atoms with Gasteiger partial charge in [-0.3, -0.25) is 5.32 Å². The van der Waals surface area contributed by atoms with Crippen LogP contribution in [0.4, 0.5) is 17.6 Å². The van der Waals surface area contributed by atoms with E-state index in [9.17, 15) is 17.6 Å². The number of allylic oxidation sites excluding steroid dienone is 1. The van der Waals surface area contributed by atoms with Gasteiger partial charge in [-0.15, -0.1) is 0 Å². The first-order valence-electron chi connectivity index (χ1n) is 8.02. The van der Waals surface area contributed by atoms with Gasteiger partial charge in [0.25, 0.3) is 0 Å². The normalized spacial score (nSPS) is 14.3. The van der Waals surface area contributed by atoms with Crippen LogP contribution in [0.15, 0.2) is 36.9 Å². The van der Waals surface area contributed by atoms with E-state index in [1.54, 1.807) is 6.07 Å². The SMILES string of the molecule is C=C(c1cc(C(C)(I)NC(C)C)cc(-c2ccc(F)c(Cl)c2)n1)C(F)(F)F. The number of nitrogens with zero attached hydrogens (tertiary/aromatic N) is 1. The van der Waals surface area contributed by atoms with Crippen molar-refractivity contribution in [2.24, 2.45) is 0 Å². The molecule has 2 aromatic rings. The van der Waals surface area contributed by atoms with Gasteiger partial charge in [0.15, 0.2) is 0 Å². The maximum Gasteiger partial charge on any atom is 0.417 e. The van der Waals surface area contributed by atoms with Crippen molar-refractivity contribution in [3.8, 4) is 11.3 Å². The fraction of sp³-hybridized carbons (Fsp3) is 0.316. The molecule has 0 aliphatic carbocycles. The largest absolute Gasteiger partial charge is 0.417 e. The van der Waals surface area contributed by atoms with Gasteiger partial charge in [0.05, 0.1) is 25.5 Å². The van der Waals surface area contributed by atoms with Crippen molar-refractivity contribution in [3.63, 3.8) is 0 Å². The zero-order valence-electron chi connectivity index (χ0n) is 14.9. The van der Waals surface area contributed by atoms with Gasteiger partial charge in [0.2, 0.25) is 0 Å². The lowest BCUT2D eigenvalue weighted by atomic mass is 10.0. The van der Waals surface area contributed by atoms with Crippen molar-refractivity contribution in [3.05, 3.63) is 59.0 Å². The summed E-state index contributed by atoms with van der Waals surface area (Å²) in [6, 6.07) is 7.04. The molecule has 0 bridgehead atoms. The Morgan fingerprint density at radius 2 is 1.85 bits per heavy atom. The third-order valence-corrected chi connectivity index (χ3v) is 5.02. The number of hydrogen-bond acceptors (Lipinski definition) is 2. The van der Waals surface area contributed by atoms with Crippen LogP contribution in [0, 0.1) is 5.82 Å². The van der Waals surface area contributed by atoms with Crippen LogP contribution >= 0.6 is 34.2 Å². The summed E-state index contributed by atoms with van der Waals surface area (Å²) >= 11 is 7.95. The Morgan fingerprint density at radius 1 is 1.22 bits per heavy atom. The summed E-state index contributed by atoms with van der Waals surface area (Å²) in [4.78, 5) is 4.10. The van der Waals surface area contributed by atoms with Gasteiger partial charge < -0.3 is 0 Å². The first-order chi connectivity index (χ1) is 12.3. The van der Waals surface area contributed by atoms with E-state index in [2.05, 4.69) is 39.5 Å². The van der Waals surface area contributed by atoms with Crippen LogP contribution in [0.25, 0.3) is 16.8 Å². The van der Waals surface area contributed by atoms with Gasteiger partial charge in [-0.05, 0) is 56.7 Å². The van der Waals surface area contributed by atoms with E-state index in [1.165, 1.54) is 18.2 Å². The van der Waals surface area contributed by atoms with Crippen LogP contribution in [0.5, 0.6) is 0 Å². The van der Waals surface area contributed by atoms with E-state index in [4.69, 9.17) is 11.6 Å². The lowest BCUT2D eigenvalue weighted by Crippen LogP contribution is -2.38. The molecule has 8 heteroatoms. The molecule has 0 aliphatic rings. The molecule has 27 heavy (non-hydrogen) atoms. The number of rotatable bonds is 5. The third kappa shape index (κ3) is 5.42.